The highest BCUT2D eigenvalue weighted by Crippen LogP contribution is 2.65. The van der Waals surface area contributed by atoms with Gasteiger partial charge in [0.15, 0.2) is 0 Å². The van der Waals surface area contributed by atoms with Gasteiger partial charge in [0.1, 0.15) is 0 Å². The van der Waals surface area contributed by atoms with Gasteiger partial charge in [0.25, 0.3) is 0 Å². The highest BCUT2D eigenvalue weighted by molar-refractivity contribution is 5.92. The van der Waals surface area contributed by atoms with Crippen molar-refractivity contribution in [3.63, 3.8) is 0 Å². The summed E-state index contributed by atoms with van der Waals surface area (Å²) < 4.78 is 2.44. The maximum Gasteiger partial charge on any atom is 0.0686 e. The van der Waals surface area contributed by atoms with E-state index in [0.717, 1.165) is 18.5 Å². The number of hydrogen-bond donors (Lipinski definition) is 1. The van der Waals surface area contributed by atoms with E-state index >= 15 is 0 Å². The van der Waals surface area contributed by atoms with Crippen molar-refractivity contribution in [1.29, 1.82) is 0 Å². The maximum absolute atomic E-state index is 3.84. The Morgan fingerprint density at radius 1 is 0.540 bits per heavy atom. The fourth-order valence-corrected chi connectivity index (χ4v) is 11.6. The fourth-order valence-electron chi connectivity index (χ4n) is 11.6. The molecule has 2 heteroatoms. The molecule has 9 aromatic rings. The summed E-state index contributed by atoms with van der Waals surface area (Å²) in [4.78, 5) is 0. The van der Waals surface area contributed by atoms with Gasteiger partial charge in [0, 0.05) is 40.0 Å². The molecule has 63 heavy (non-hydrogen) atoms. The Kier molecular flexibility index (Phi) is 8.11. The Morgan fingerprint density at radius 2 is 1.17 bits per heavy atom. The third-order valence-corrected chi connectivity index (χ3v) is 14.4. The Morgan fingerprint density at radius 3 is 1.97 bits per heavy atom. The van der Waals surface area contributed by atoms with Gasteiger partial charge in [-0.15, -0.1) is 0 Å². The lowest BCUT2D eigenvalue weighted by Gasteiger charge is -2.33. The third kappa shape index (κ3) is 5.51. The van der Waals surface area contributed by atoms with Gasteiger partial charge in [-0.1, -0.05) is 182 Å². The minimum atomic E-state index is -0.286. The number of anilines is 1. The number of para-hydroxylation sites is 1. The molecular formula is C61H44N2. The molecule has 4 aliphatic carbocycles. The van der Waals surface area contributed by atoms with E-state index in [2.05, 4.69) is 234 Å². The van der Waals surface area contributed by atoms with E-state index in [-0.39, 0.29) is 11.3 Å². The molecule has 0 bridgehead atoms. The first-order chi connectivity index (χ1) is 31.2. The van der Waals surface area contributed by atoms with E-state index < -0.39 is 0 Å². The first-order valence-electron chi connectivity index (χ1n) is 22.4. The lowest BCUT2D eigenvalue weighted by Crippen LogP contribution is -2.28. The van der Waals surface area contributed by atoms with Crippen LogP contribution in [-0.4, -0.2) is 4.57 Å². The van der Waals surface area contributed by atoms with Crippen LogP contribution in [0.3, 0.4) is 0 Å². The summed E-state index contributed by atoms with van der Waals surface area (Å²) in [7, 11) is 0. The smallest absolute Gasteiger partial charge is 0.0686 e. The number of rotatable bonds is 6. The normalized spacial score (nSPS) is 17.3. The second-order valence-corrected chi connectivity index (χ2v) is 17.6. The fraction of sp³-hybridized carbons (Fsp3) is 0.0820. The van der Waals surface area contributed by atoms with Gasteiger partial charge >= 0.3 is 0 Å². The van der Waals surface area contributed by atoms with Crippen LogP contribution in [-0.2, 0) is 11.8 Å². The van der Waals surface area contributed by atoms with Crippen molar-refractivity contribution in [2.24, 2.45) is 0 Å². The molecule has 1 heterocycles. The molecule has 0 radical (unpaired) electrons. The molecule has 0 saturated heterocycles. The van der Waals surface area contributed by atoms with E-state index in [0.29, 0.717) is 5.92 Å². The average molecular weight is 805 g/mol. The summed E-state index contributed by atoms with van der Waals surface area (Å²) in [6.07, 6.45) is 11.6. The maximum atomic E-state index is 3.84. The zero-order chi connectivity index (χ0) is 41.5. The Balaban J connectivity index is 0.776. The minimum Gasteiger partial charge on any atom is -0.356 e. The lowest BCUT2D eigenvalue weighted by atomic mass is 9.68. The molecule has 2 unspecified atom stereocenters. The van der Waals surface area contributed by atoms with Crippen molar-refractivity contribution in [2.45, 2.75) is 30.1 Å². The number of fused-ring (bicyclic) bond motifs is 13. The van der Waals surface area contributed by atoms with Crippen LogP contribution < -0.4 is 5.32 Å². The van der Waals surface area contributed by atoms with Crippen LogP contribution in [0.4, 0.5) is 5.69 Å². The van der Waals surface area contributed by atoms with Gasteiger partial charge in [0.05, 0.1) is 10.9 Å². The largest absolute Gasteiger partial charge is 0.356 e. The van der Waals surface area contributed by atoms with Gasteiger partial charge in [-0.2, -0.15) is 0 Å². The molecule has 2 nitrogen and oxygen atoms in total. The molecule has 4 aliphatic rings. The monoisotopic (exact) mass is 804 g/mol. The summed E-state index contributed by atoms with van der Waals surface area (Å²) in [5, 5.41) is 5.17. The summed E-state index contributed by atoms with van der Waals surface area (Å²) >= 11 is 0. The molecule has 0 fully saturated rings. The van der Waals surface area contributed by atoms with E-state index in [4.69, 9.17) is 0 Å². The van der Waals surface area contributed by atoms with Crippen molar-refractivity contribution < 1.29 is 0 Å². The van der Waals surface area contributed by atoms with Crippen molar-refractivity contribution in [3.05, 3.63) is 269 Å². The zero-order valence-corrected chi connectivity index (χ0v) is 34.9. The molecule has 1 N–H and O–H groups in total. The summed E-state index contributed by atoms with van der Waals surface area (Å²) in [6, 6.07) is 74.0. The van der Waals surface area contributed by atoms with E-state index in [1.165, 1.54) is 100 Å². The van der Waals surface area contributed by atoms with E-state index in [1.807, 2.05) is 0 Å². The molecule has 2 atom stereocenters. The second-order valence-electron chi connectivity index (χ2n) is 17.6. The van der Waals surface area contributed by atoms with Crippen LogP contribution >= 0.6 is 0 Å². The van der Waals surface area contributed by atoms with Gasteiger partial charge in [-0.05, 0) is 128 Å². The number of allylic oxidation sites excluding steroid dienone is 4. The summed E-state index contributed by atoms with van der Waals surface area (Å²) in [5.41, 5.74) is 23.3. The van der Waals surface area contributed by atoms with Gasteiger partial charge in [0.2, 0.25) is 0 Å². The molecule has 1 spiro atoms. The van der Waals surface area contributed by atoms with Gasteiger partial charge in [-0.25, -0.2) is 0 Å². The number of hydrogen-bond acceptors (Lipinski definition) is 1. The highest BCUT2D eigenvalue weighted by Gasteiger charge is 2.55. The van der Waals surface area contributed by atoms with Crippen molar-refractivity contribution >= 4 is 22.7 Å². The number of nitrogens with zero attached hydrogens (tertiary/aromatic N) is 1. The molecular weight excluding hydrogens is 761 g/mol. The van der Waals surface area contributed by atoms with Crippen LogP contribution in [0.2, 0.25) is 0 Å². The minimum absolute atomic E-state index is 0.286. The average Bonchev–Trinajstić information content (AvgIpc) is 3.96. The summed E-state index contributed by atoms with van der Waals surface area (Å²) in [6.45, 7) is 0. The van der Waals surface area contributed by atoms with Gasteiger partial charge < -0.3 is 9.88 Å². The molecule has 8 aromatic carbocycles. The van der Waals surface area contributed by atoms with Crippen molar-refractivity contribution in [1.82, 2.24) is 4.57 Å². The van der Waals surface area contributed by atoms with Crippen molar-refractivity contribution in [3.8, 4) is 39.1 Å². The van der Waals surface area contributed by atoms with Crippen LogP contribution in [0.25, 0.3) is 56.0 Å². The number of aromatic nitrogens is 1. The van der Waals surface area contributed by atoms with Crippen LogP contribution in [0.1, 0.15) is 57.3 Å². The van der Waals surface area contributed by atoms with Crippen LogP contribution in [0.5, 0.6) is 0 Å². The molecule has 0 saturated carbocycles. The first kappa shape index (κ1) is 36.0. The number of benzene rings is 8. The summed E-state index contributed by atoms with van der Waals surface area (Å²) in [5.74, 6) is 0.638. The Hall–Kier alpha value is -7.68. The van der Waals surface area contributed by atoms with Crippen LogP contribution in [0.15, 0.2) is 230 Å². The quantitative estimate of drug-likeness (QED) is 0.177. The standard InChI is InChI=1S/C61H44N2/c1-2-13-40(14-3-1)41-27-33-48(34-28-41)63-59-24-11-7-20-53(59)54-38-45(29-36-60(54)63)44-16-12-15-43(37-44)42-25-30-46(31-26-42)62-47-32-35-52-51-19-6-10-23-57(51)61(58(52)39-47)55-21-8-4-17-49(55)50-18-5-9-22-56(50)61/h1-34,36-37,39,45,52,62H,35,38H2. The highest BCUT2D eigenvalue weighted by atomic mass is 15.0. The zero-order valence-electron chi connectivity index (χ0n) is 34.9. The molecule has 0 aliphatic heterocycles. The second kappa shape index (κ2) is 14.2. The van der Waals surface area contributed by atoms with Crippen LogP contribution in [0, 0.1) is 0 Å². The molecule has 1 aromatic heterocycles. The SMILES string of the molecule is C1=CC(c2cccc(-c3ccc(NC4=CCC5C(=C4)C4(c6ccccc6-c6ccccc64)c4ccccc45)cc3)c2)Cc2c1n(-c1ccc(-c3ccccc3)cc1)c1ccccc21. The van der Waals surface area contributed by atoms with Crippen molar-refractivity contribution in [2.75, 3.05) is 5.32 Å². The Labute approximate surface area is 368 Å². The Bertz CT molecular complexity index is 3310. The molecule has 13 rings (SSSR count). The molecule has 298 valence electrons. The van der Waals surface area contributed by atoms with E-state index in [9.17, 15) is 0 Å². The molecule has 0 amide bonds. The predicted molar refractivity (Wildman–Crippen MR) is 261 cm³/mol. The number of nitrogens with one attached hydrogen (secondary N) is 1. The third-order valence-electron chi connectivity index (χ3n) is 14.4. The predicted octanol–water partition coefficient (Wildman–Crippen LogP) is 15.1. The van der Waals surface area contributed by atoms with E-state index in [1.54, 1.807) is 0 Å². The first-order valence-corrected chi connectivity index (χ1v) is 22.4. The van der Waals surface area contributed by atoms with Gasteiger partial charge in [-0.3, -0.25) is 0 Å². The lowest BCUT2D eigenvalue weighted by molar-refractivity contribution is 0.704. The topological polar surface area (TPSA) is 17.0 Å².